The Labute approximate surface area is 111 Å². The first-order valence-electron chi connectivity index (χ1n) is 6.49. The van der Waals surface area contributed by atoms with Gasteiger partial charge in [0.15, 0.2) is 0 Å². The second-order valence-corrected chi connectivity index (χ2v) is 4.97. The van der Waals surface area contributed by atoms with E-state index in [0.717, 1.165) is 30.8 Å². The molecule has 1 unspecified atom stereocenters. The molecular formula is C14H18F3NO. The maximum Gasteiger partial charge on any atom is 0.390 e. The molecule has 0 saturated carbocycles. The Morgan fingerprint density at radius 3 is 2.89 bits per heavy atom. The minimum Gasteiger partial charge on any atom is -0.493 e. The second kappa shape index (κ2) is 5.82. The predicted molar refractivity (Wildman–Crippen MR) is 67.5 cm³/mol. The van der Waals surface area contributed by atoms with E-state index in [0.29, 0.717) is 6.54 Å². The van der Waals surface area contributed by atoms with Crippen LogP contribution in [-0.2, 0) is 12.8 Å². The van der Waals surface area contributed by atoms with E-state index in [2.05, 4.69) is 11.4 Å². The minimum absolute atomic E-state index is 0.544. The van der Waals surface area contributed by atoms with E-state index in [4.69, 9.17) is 4.74 Å². The van der Waals surface area contributed by atoms with Gasteiger partial charge in [-0.25, -0.2) is 0 Å². The zero-order valence-electron chi connectivity index (χ0n) is 10.9. The normalized spacial score (nSPS) is 16.0. The molecule has 0 saturated heterocycles. The highest BCUT2D eigenvalue weighted by Gasteiger charge is 2.29. The van der Waals surface area contributed by atoms with Gasteiger partial charge in [-0.1, -0.05) is 12.1 Å². The molecule has 19 heavy (non-hydrogen) atoms. The molecular weight excluding hydrogens is 255 g/mol. The van der Waals surface area contributed by atoms with Crippen molar-refractivity contribution in [3.8, 4) is 5.75 Å². The number of halogens is 3. The maximum atomic E-state index is 12.2. The fourth-order valence-electron chi connectivity index (χ4n) is 2.28. The lowest BCUT2D eigenvalue weighted by molar-refractivity contribution is -0.138. The largest absolute Gasteiger partial charge is 0.493 e. The number of hydrogen-bond donors (Lipinski definition) is 1. The van der Waals surface area contributed by atoms with Gasteiger partial charge in [-0.3, -0.25) is 0 Å². The van der Waals surface area contributed by atoms with Crippen LogP contribution >= 0.6 is 0 Å². The first-order valence-corrected chi connectivity index (χ1v) is 6.49. The summed E-state index contributed by atoms with van der Waals surface area (Å²) in [5.74, 6) is 0.933. The molecule has 0 radical (unpaired) electrons. The highest BCUT2D eigenvalue weighted by atomic mass is 19.4. The summed E-state index contributed by atoms with van der Waals surface area (Å²) in [6.45, 7) is 2.83. The lowest BCUT2D eigenvalue weighted by Crippen LogP contribution is -2.32. The van der Waals surface area contributed by atoms with E-state index < -0.39 is 18.6 Å². The first kappa shape index (κ1) is 14.2. The summed E-state index contributed by atoms with van der Waals surface area (Å²) in [5, 5.41) is 2.90. The van der Waals surface area contributed by atoms with Crippen molar-refractivity contribution < 1.29 is 17.9 Å². The molecule has 0 spiro atoms. The van der Waals surface area contributed by atoms with E-state index >= 15 is 0 Å². The number of fused-ring (bicyclic) bond motifs is 1. The number of ether oxygens (including phenoxy) is 1. The molecule has 0 bridgehead atoms. The predicted octanol–water partition coefficient (Wildman–Crippen LogP) is 3.09. The van der Waals surface area contributed by atoms with Crippen LogP contribution in [0.15, 0.2) is 18.2 Å². The Kier molecular flexibility index (Phi) is 4.34. The highest BCUT2D eigenvalue weighted by Crippen LogP contribution is 2.26. The average Bonchev–Trinajstić information content (AvgIpc) is 2.73. The van der Waals surface area contributed by atoms with E-state index in [9.17, 15) is 13.2 Å². The number of alkyl halides is 3. The minimum atomic E-state index is -4.10. The third-order valence-electron chi connectivity index (χ3n) is 3.20. The van der Waals surface area contributed by atoms with Crippen molar-refractivity contribution in [2.45, 2.75) is 38.4 Å². The zero-order chi connectivity index (χ0) is 13.9. The van der Waals surface area contributed by atoms with E-state index in [-0.39, 0.29) is 0 Å². The van der Waals surface area contributed by atoms with Gasteiger partial charge >= 0.3 is 6.18 Å². The first-order chi connectivity index (χ1) is 8.94. The Hall–Kier alpha value is -1.23. The number of hydrogen-bond acceptors (Lipinski definition) is 2. The van der Waals surface area contributed by atoms with Crippen molar-refractivity contribution in [3.05, 3.63) is 29.3 Å². The quantitative estimate of drug-likeness (QED) is 0.890. The highest BCUT2D eigenvalue weighted by molar-refractivity contribution is 5.39. The van der Waals surface area contributed by atoms with Crippen molar-refractivity contribution >= 4 is 0 Å². The standard InChI is InChI=1S/C14H18F3NO/c1-10(9-14(15,16)17)18-6-4-11-2-3-13-12(8-11)5-7-19-13/h2-3,8,10,18H,4-7,9H2,1H3. The third kappa shape index (κ3) is 4.42. The van der Waals surface area contributed by atoms with Gasteiger partial charge in [-0.2, -0.15) is 13.2 Å². The van der Waals surface area contributed by atoms with Crippen LogP contribution in [0.3, 0.4) is 0 Å². The molecule has 0 aliphatic carbocycles. The van der Waals surface area contributed by atoms with Gasteiger partial charge in [0, 0.05) is 12.5 Å². The lowest BCUT2D eigenvalue weighted by Gasteiger charge is -2.15. The van der Waals surface area contributed by atoms with E-state index in [1.807, 2.05) is 12.1 Å². The Balaban J connectivity index is 1.77. The monoisotopic (exact) mass is 273 g/mol. The van der Waals surface area contributed by atoms with Crippen LogP contribution in [0.2, 0.25) is 0 Å². The number of nitrogens with one attached hydrogen (secondary N) is 1. The smallest absolute Gasteiger partial charge is 0.390 e. The summed E-state index contributed by atoms with van der Waals surface area (Å²) in [6.07, 6.45) is -3.24. The molecule has 2 rings (SSSR count). The van der Waals surface area contributed by atoms with Crippen LogP contribution in [0.5, 0.6) is 5.75 Å². The van der Waals surface area contributed by atoms with Gasteiger partial charge in [0.2, 0.25) is 0 Å². The molecule has 0 aromatic heterocycles. The summed E-state index contributed by atoms with van der Waals surface area (Å²) >= 11 is 0. The maximum absolute atomic E-state index is 12.2. The van der Waals surface area contributed by atoms with Gasteiger partial charge in [-0.15, -0.1) is 0 Å². The molecule has 1 heterocycles. The Morgan fingerprint density at radius 1 is 1.37 bits per heavy atom. The van der Waals surface area contributed by atoms with Crippen LogP contribution in [0.1, 0.15) is 24.5 Å². The molecule has 1 aliphatic heterocycles. The summed E-state index contributed by atoms with van der Waals surface area (Å²) < 4.78 is 41.9. The van der Waals surface area contributed by atoms with Gasteiger partial charge < -0.3 is 10.1 Å². The lowest BCUT2D eigenvalue weighted by atomic mass is 10.1. The third-order valence-corrected chi connectivity index (χ3v) is 3.20. The van der Waals surface area contributed by atoms with Crippen LogP contribution < -0.4 is 10.1 Å². The average molecular weight is 273 g/mol. The summed E-state index contributed by atoms with van der Waals surface area (Å²) in [5.41, 5.74) is 2.33. The van der Waals surface area contributed by atoms with Crippen molar-refractivity contribution in [3.63, 3.8) is 0 Å². The van der Waals surface area contributed by atoms with Gasteiger partial charge in [0.25, 0.3) is 0 Å². The molecule has 1 aromatic rings. The molecule has 5 heteroatoms. The van der Waals surface area contributed by atoms with Crippen molar-refractivity contribution in [2.24, 2.45) is 0 Å². The summed E-state index contributed by atoms with van der Waals surface area (Å²) in [7, 11) is 0. The Morgan fingerprint density at radius 2 is 2.16 bits per heavy atom. The molecule has 0 amide bonds. The fraction of sp³-hybridized carbons (Fsp3) is 0.571. The molecule has 1 atom stereocenters. The van der Waals surface area contributed by atoms with Crippen LogP contribution in [-0.4, -0.2) is 25.4 Å². The van der Waals surface area contributed by atoms with Gasteiger partial charge in [0.1, 0.15) is 5.75 Å². The van der Waals surface area contributed by atoms with E-state index in [1.54, 1.807) is 6.92 Å². The zero-order valence-corrected chi connectivity index (χ0v) is 10.9. The van der Waals surface area contributed by atoms with Crippen LogP contribution in [0.25, 0.3) is 0 Å². The van der Waals surface area contributed by atoms with Crippen LogP contribution in [0, 0.1) is 0 Å². The van der Waals surface area contributed by atoms with E-state index in [1.165, 1.54) is 5.56 Å². The van der Waals surface area contributed by atoms with Crippen LogP contribution in [0.4, 0.5) is 13.2 Å². The molecule has 1 aromatic carbocycles. The van der Waals surface area contributed by atoms with Crippen molar-refractivity contribution in [1.82, 2.24) is 5.32 Å². The van der Waals surface area contributed by atoms with Crippen molar-refractivity contribution in [1.29, 1.82) is 0 Å². The molecule has 1 N–H and O–H groups in total. The SMILES string of the molecule is CC(CC(F)(F)F)NCCc1ccc2c(c1)CCO2. The number of rotatable bonds is 5. The Bertz CT molecular complexity index is 431. The summed E-state index contributed by atoms with van der Waals surface area (Å²) in [6, 6.07) is 5.45. The summed E-state index contributed by atoms with van der Waals surface area (Å²) in [4.78, 5) is 0. The fourth-order valence-corrected chi connectivity index (χ4v) is 2.28. The second-order valence-electron chi connectivity index (χ2n) is 4.97. The topological polar surface area (TPSA) is 21.3 Å². The molecule has 0 fully saturated rings. The number of benzene rings is 1. The van der Waals surface area contributed by atoms with Crippen molar-refractivity contribution in [2.75, 3.05) is 13.2 Å². The van der Waals surface area contributed by atoms with Gasteiger partial charge in [0.05, 0.1) is 13.0 Å². The molecule has 1 aliphatic rings. The molecule has 2 nitrogen and oxygen atoms in total. The molecule has 106 valence electrons. The van der Waals surface area contributed by atoms with Gasteiger partial charge in [-0.05, 0) is 37.1 Å².